The van der Waals surface area contributed by atoms with Crippen LogP contribution in [0, 0.1) is 0 Å². The third-order valence-corrected chi connectivity index (χ3v) is 4.39. The zero-order chi connectivity index (χ0) is 19.2. The van der Waals surface area contributed by atoms with E-state index in [9.17, 15) is 9.59 Å². The minimum atomic E-state index is -0.596. The van der Waals surface area contributed by atoms with E-state index in [4.69, 9.17) is 9.47 Å². The molecule has 1 amide bonds. The molecule has 0 atom stereocenters. The molecule has 0 radical (unpaired) electrons. The van der Waals surface area contributed by atoms with Crippen molar-refractivity contribution in [3.63, 3.8) is 0 Å². The van der Waals surface area contributed by atoms with Crippen molar-refractivity contribution in [1.29, 1.82) is 0 Å². The minimum absolute atomic E-state index is 0.0742. The van der Waals surface area contributed by atoms with Crippen molar-refractivity contribution in [3.8, 4) is 11.5 Å². The highest BCUT2D eigenvalue weighted by molar-refractivity contribution is 6.03. The Balaban J connectivity index is 1.76. The van der Waals surface area contributed by atoms with Crippen molar-refractivity contribution >= 4 is 17.6 Å². The van der Waals surface area contributed by atoms with Crippen molar-refractivity contribution in [2.24, 2.45) is 0 Å². The van der Waals surface area contributed by atoms with E-state index in [1.54, 1.807) is 31.4 Å². The van der Waals surface area contributed by atoms with Crippen LogP contribution in [0.2, 0.25) is 0 Å². The highest BCUT2D eigenvalue weighted by Crippen LogP contribution is 2.34. The summed E-state index contributed by atoms with van der Waals surface area (Å²) in [7, 11) is 2.84. The van der Waals surface area contributed by atoms with Gasteiger partial charge in [-0.2, -0.15) is 0 Å². The van der Waals surface area contributed by atoms with Gasteiger partial charge in [0.25, 0.3) is 5.91 Å². The molecule has 1 N–H and O–H groups in total. The number of pyridine rings is 1. The summed E-state index contributed by atoms with van der Waals surface area (Å²) in [6, 6.07) is 9.81. The predicted molar refractivity (Wildman–Crippen MR) is 99.4 cm³/mol. The third-order valence-electron chi connectivity index (χ3n) is 4.39. The molecule has 7 nitrogen and oxygen atoms in total. The van der Waals surface area contributed by atoms with Crippen LogP contribution in [0.4, 0.5) is 5.69 Å². The first kappa shape index (κ1) is 18.7. The Morgan fingerprint density at radius 3 is 2.48 bits per heavy atom. The van der Waals surface area contributed by atoms with Crippen molar-refractivity contribution in [2.45, 2.75) is 31.8 Å². The number of carbonyl (C=O) groups excluding carboxylic acids is 2. The van der Waals surface area contributed by atoms with Crippen LogP contribution in [0.5, 0.6) is 11.5 Å². The zero-order valence-electron chi connectivity index (χ0n) is 15.4. The van der Waals surface area contributed by atoms with Crippen molar-refractivity contribution in [2.75, 3.05) is 19.5 Å². The Morgan fingerprint density at radius 2 is 1.78 bits per heavy atom. The SMILES string of the molecule is COC(=O)c1cccc(C(=O)Nc2ccc(OC)c(OC3CCCC3)c2)n1. The molecule has 0 aliphatic heterocycles. The molecule has 1 saturated carbocycles. The molecule has 1 aromatic heterocycles. The van der Waals surface area contributed by atoms with Crippen LogP contribution in [0.25, 0.3) is 0 Å². The maximum Gasteiger partial charge on any atom is 0.356 e. The van der Waals surface area contributed by atoms with Gasteiger partial charge in [0, 0.05) is 11.8 Å². The molecule has 1 fully saturated rings. The molecule has 0 spiro atoms. The molecule has 7 heteroatoms. The highest BCUT2D eigenvalue weighted by Gasteiger charge is 2.19. The molecule has 1 aliphatic rings. The van der Waals surface area contributed by atoms with Gasteiger partial charge in [-0.1, -0.05) is 6.07 Å². The lowest BCUT2D eigenvalue weighted by Crippen LogP contribution is -2.16. The number of amides is 1. The van der Waals surface area contributed by atoms with Crippen molar-refractivity contribution in [1.82, 2.24) is 4.98 Å². The number of rotatable bonds is 6. The predicted octanol–water partition coefficient (Wildman–Crippen LogP) is 3.45. The number of nitrogens with zero attached hydrogens (tertiary/aromatic N) is 1. The quantitative estimate of drug-likeness (QED) is 0.784. The minimum Gasteiger partial charge on any atom is -0.493 e. The number of aromatic nitrogens is 1. The second-order valence-electron chi connectivity index (χ2n) is 6.24. The van der Waals surface area contributed by atoms with Gasteiger partial charge in [-0.3, -0.25) is 4.79 Å². The summed E-state index contributed by atoms with van der Waals surface area (Å²) in [5, 5.41) is 2.77. The first-order valence-corrected chi connectivity index (χ1v) is 8.82. The molecule has 27 heavy (non-hydrogen) atoms. The number of hydrogen-bond donors (Lipinski definition) is 1. The van der Waals surface area contributed by atoms with Crippen LogP contribution in [-0.2, 0) is 4.74 Å². The molecule has 0 bridgehead atoms. The van der Waals surface area contributed by atoms with Gasteiger partial charge in [0.2, 0.25) is 0 Å². The number of methoxy groups -OCH3 is 2. The summed E-state index contributed by atoms with van der Waals surface area (Å²) in [4.78, 5) is 28.1. The van der Waals surface area contributed by atoms with Crippen LogP contribution >= 0.6 is 0 Å². The highest BCUT2D eigenvalue weighted by atomic mass is 16.5. The van der Waals surface area contributed by atoms with Crippen LogP contribution in [-0.4, -0.2) is 37.2 Å². The largest absolute Gasteiger partial charge is 0.493 e. The maximum atomic E-state index is 12.5. The van der Waals surface area contributed by atoms with Crippen LogP contribution in [0.1, 0.15) is 46.7 Å². The number of hydrogen-bond acceptors (Lipinski definition) is 6. The number of benzene rings is 1. The fourth-order valence-electron chi connectivity index (χ4n) is 3.01. The molecule has 0 unspecified atom stereocenters. The Morgan fingerprint density at radius 1 is 1.04 bits per heavy atom. The second-order valence-corrected chi connectivity index (χ2v) is 6.24. The molecule has 2 aromatic rings. The summed E-state index contributed by atoms with van der Waals surface area (Å²) in [5.41, 5.74) is 0.746. The van der Waals surface area contributed by atoms with Gasteiger partial charge in [-0.25, -0.2) is 9.78 Å². The first-order chi connectivity index (χ1) is 13.1. The summed E-state index contributed by atoms with van der Waals surface area (Å²) < 4.78 is 16.0. The normalized spacial score (nSPS) is 13.9. The Kier molecular flexibility index (Phi) is 5.90. The maximum absolute atomic E-state index is 12.5. The lowest BCUT2D eigenvalue weighted by Gasteiger charge is -2.17. The number of nitrogens with one attached hydrogen (secondary N) is 1. The number of esters is 1. The van der Waals surface area contributed by atoms with E-state index < -0.39 is 11.9 Å². The fraction of sp³-hybridized carbons (Fsp3) is 0.350. The van der Waals surface area contributed by atoms with Crippen LogP contribution in [0.15, 0.2) is 36.4 Å². The van der Waals surface area contributed by atoms with E-state index in [-0.39, 0.29) is 17.5 Å². The lowest BCUT2D eigenvalue weighted by atomic mass is 10.2. The average Bonchev–Trinajstić information content (AvgIpc) is 3.20. The first-order valence-electron chi connectivity index (χ1n) is 8.82. The average molecular weight is 370 g/mol. The van der Waals surface area contributed by atoms with Gasteiger partial charge in [0.1, 0.15) is 11.4 Å². The summed E-state index contributed by atoms with van der Waals surface area (Å²) >= 11 is 0. The molecule has 0 saturated heterocycles. The van der Waals surface area contributed by atoms with E-state index in [1.165, 1.54) is 19.2 Å². The van der Waals surface area contributed by atoms with E-state index in [2.05, 4.69) is 15.0 Å². The van der Waals surface area contributed by atoms with Gasteiger partial charge < -0.3 is 19.5 Å². The van der Waals surface area contributed by atoms with E-state index in [1.807, 2.05) is 0 Å². The Labute approximate surface area is 157 Å². The number of anilines is 1. The summed E-state index contributed by atoms with van der Waals surface area (Å²) in [6.45, 7) is 0. The Bertz CT molecular complexity index is 831. The van der Waals surface area contributed by atoms with Crippen molar-refractivity contribution < 1.29 is 23.8 Å². The Hall–Kier alpha value is -3.09. The molecule has 1 aliphatic carbocycles. The monoisotopic (exact) mass is 370 g/mol. The fourth-order valence-corrected chi connectivity index (χ4v) is 3.01. The van der Waals surface area contributed by atoms with E-state index >= 15 is 0 Å². The second kappa shape index (κ2) is 8.53. The van der Waals surface area contributed by atoms with Crippen molar-refractivity contribution in [3.05, 3.63) is 47.8 Å². The summed E-state index contributed by atoms with van der Waals surface area (Å²) in [6.07, 6.45) is 4.52. The van der Waals surface area contributed by atoms with Gasteiger partial charge >= 0.3 is 5.97 Å². The van der Waals surface area contributed by atoms with Crippen LogP contribution < -0.4 is 14.8 Å². The number of ether oxygens (including phenoxy) is 3. The van der Waals surface area contributed by atoms with Gasteiger partial charge in [0.05, 0.1) is 20.3 Å². The molecular weight excluding hydrogens is 348 g/mol. The standard InChI is InChI=1S/C20H22N2O5/c1-25-17-11-10-13(12-18(17)27-14-6-3-4-7-14)21-19(23)15-8-5-9-16(22-15)20(24)26-2/h5,8-12,14H,3-4,6-7H2,1-2H3,(H,21,23). The van der Waals surface area contributed by atoms with Gasteiger partial charge in [-0.05, 0) is 49.9 Å². The topological polar surface area (TPSA) is 86.8 Å². The molecular formula is C20H22N2O5. The van der Waals surface area contributed by atoms with E-state index in [0.717, 1.165) is 25.7 Å². The van der Waals surface area contributed by atoms with Crippen LogP contribution in [0.3, 0.4) is 0 Å². The lowest BCUT2D eigenvalue weighted by molar-refractivity contribution is 0.0594. The molecule has 142 valence electrons. The molecule has 3 rings (SSSR count). The third kappa shape index (κ3) is 4.55. The van der Waals surface area contributed by atoms with Gasteiger partial charge in [0.15, 0.2) is 11.5 Å². The van der Waals surface area contributed by atoms with Gasteiger partial charge in [-0.15, -0.1) is 0 Å². The summed E-state index contributed by atoms with van der Waals surface area (Å²) in [5.74, 6) is 0.184. The molecule has 1 heterocycles. The number of carbonyl (C=O) groups is 2. The van der Waals surface area contributed by atoms with E-state index in [0.29, 0.717) is 17.2 Å². The molecule has 1 aromatic carbocycles. The zero-order valence-corrected chi connectivity index (χ0v) is 15.4. The smallest absolute Gasteiger partial charge is 0.356 e.